The van der Waals surface area contributed by atoms with E-state index in [9.17, 15) is 10.1 Å². The SMILES string of the molecule is N#CC(=Cc1ccccn1)c1nc(=O)c2ccccc2s1. The van der Waals surface area contributed by atoms with Gasteiger partial charge in [-0.15, -0.1) is 11.3 Å². The highest BCUT2D eigenvalue weighted by atomic mass is 32.1. The molecule has 0 radical (unpaired) electrons. The molecule has 2 aromatic heterocycles. The molecule has 0 bridgehead atoms. The first kappa shape index (κ1) is 13.2. The fourth-order valence-corrected chi connectivity index (χ4v) is 2.84. The van der Waals surface area contributed by atoms with Crippen LogP contribution in [0.1, 0.15) is 10.7 Å². The van der Waals surface area contributed by atoms with Crippen LogP contribution in [0.5, 0.6) is 0 Å². The van der Waals surface area contributed by atoms with Gasteiger partial charge >= 0.3 is 0 Å². The fraction of sp³-hybridized carbons (Fsp3) is 0. The molecular formula is C16H9N3OS. The van der Waals surface area contributed by atoms with Crippen molar-refractivity contribution >= 4 is 33.1 Å². The van der Waals surface area contributed by atoms with Crippen LogP contribution in [0, 0.1) is 11.3 Å². The van der Waals surface area contributed by atoms with Crippen molar-refractivity contribution in [2.24, 2.45) is 0 Å². The van der Waals surface area contributed by atoms with Gasteiger partial charge in [0, 0.05) is 10.9 Å². The Labute approximate surface area is 124 Å². The first-order chi connectivity index (χ1) is 10.3. The summed E-state index contributed by atoms with van der Waals surface area (Å²) in [5, 5.41) is 10.3. The molecule has 3 rings (SSSR count). The van der Waals surface area contributed by atoms with E-state index in [4.69, 9.17) is 0 Å². The van der Waals surface area contributed by atoms with E-state index in [0.29, 0.717) is 21.7 Å². The monoisotopic (exact) mass is 291 g/mol. The Balaban J connectivity index is 2.17. The predicted octanol–water partition coefficient (Wildman–Crippen LogP) is 3.12. The Hall–Kier alpha value is -2.84. The zero-order chi connectivity index (χ0) is 14.7. The summed E-state index contributed by atoms with van der Waals surface area (Å²) in [6.07, 6.45) is 3.28. The highest BCUT2D eigenvalue weighted by Crippen LogP contribution is 2.23. The van der Waals surface area contributed by atoms with E-state index in [1.54, 1.807) is 36.5 Å². The Morgan fingerprint density at radius 2 is 2.00 bits per heavy atom. The molecule has 0 fully saturated rings. The molecule has 0 atom stereocenters. The number of allylic oxidation sites excluding steroid dienone is 1. The molecule has 0 saturated carbocycles. The largest absolute Gasteiger partial charge is 0.279 e. The molecule has 2 heterocycles. The minimum absolute atomic E-state index is 0.318. The van der Waals surface area contributed by atoms with Crippen LogP contribution >= 0.6 is 11.3 Å². The maximum absolute atomic E-state index is 12.0. The molecule has 21 heavy (non-hydrogen) atoms. The molecule has 1 aromatic carbocycles. The normalized spacial score (nSPS) is 11.3. The van der Waals surface area contributed by atoms with E-state index in [2.05, 4.69) is 16.0 Å². The molecule has 0 aliphatic heterocycles. The Morgan fingerprint density at radius 3 is 2.76 bits per heavy atom. The van der Waals surface area contributed by atoms with Crippen molar-refractivity contribution in [1.82, 2.24) is 9.97 Å². The summed E-state index contributed by atoms with van der Waals surface area (Å²) in [7, 11) is 0. The lowest BCUT2D eigenvalue weighted by Gasteiger charge is -2.00. The van der Waals surface area contributed by atoms with Gasteiger partial charge in [0.05, 0.1) is 16.7 Å². The van der Waals surface area contributed by atoms with Gasteiger partial charge in [0.2, 0.25) is 0 Å². The van der Waals surface area contributed by atoms with Crippen LogP contribution in [0.25, 0.3) is 21.7 Å². The molecule has 0 saturated heterocycles. The fourth-order valence-electron chi connectivity index (χ4n) is 1.88. The number of nitriles is 1. The van der Waals surface area contributed by atoms with E-state index in [-0.39, 0.29) is 5.56 Å². The van der Waals surface area contributed by atoms with Crippen LogP contribution < -0.4 is 5.56 Å². The quantitative estimate of drug-likeness (QED) is 0.680. The van der Waals surface area contributed by atoms with Gasteiger partial charge < -0.3 is 0 Å². The topological polar surface area (TPSA) is 66.6 Å². The van der Waals surface area contributed by atoms with Crippen LogP contribution in [0.2, 0.25) is 0 Å². The van der Waals surface area contributed by atoms with Crippen molar-refractivity contribution < 1.29 is 0 Å². The number of hydrogen-bond donors (Lipinski definition) is 0. The zero-order valence-electron chi connectivity index (χ0n) is 10.9. The van der Waals surface area contributed by atoms with Gasteiger partial charge in [0.15, 0.2) is 0 Å². The standard InChI is InChI=1S/C16H9N3OS/c17-10-11(9-12-5-3-4-8-18-12)16-19-15(20)13-6-1-2-7-14(13)21-16/h1-9H. The van der Waals surface area contributed by atoms with E-state index < -0.39 is 0 Å². The van der Waals surface area contributed by atoms with Gasteiger partial charge in [0.25, 0.3) is 5.56 Å². The van der Waals surface area contributed by atoms with Crippen LogP contribution in [0.15, 0.2) is 53.5 Å². The second-order valence-corrected chi connectivity index (χ2v) is 5.28. The summed E-state index contributed by atoms with van der Waals surface area (Å²) in [4.78, 5) is 20.2. The predicted molar refractivity (Wildman–Crippen MR) is 83.6 cm³/mol. The van der Waals surface area contributed by atoms with Crippen molar-refractivity contribution in [1.29, 1.82) is 5.26 Å². The maximum atomic E-state index is 12.0. The molecule has 5 heteroatoms. The first-order valence-electron chi connectivity index (χ1n) is 6.21. The third-order valence-electron chi connectivity index (χ3n) is 2.86. The first-order valence-corrected chi connectivity index (χ1v) is 7.02. The second kappa shape index (κ2) is 5.65. The van der Waals surface area contributed by atoms with Crippen molar-refractivity contribution in [3.8, 4) is 6.07 Å². The number of benzene rings is 1. The van der Waals surface area contributed by atoms with Crippen molar-refractivity contribution in [2.75, 3.05) is 0 Å². The Kier molecular flexibility index (Phi) is 3.54. The summed E-state index contributed by atoms with van der Waals surface area (Å²) >= 11 is 1.32. The molecule has 0 aliphatic carbocycles. The number of aromatic nitrogens is 2. The lowest BCUT2D eigenvalue weighted by Crippen LogP contribution is -2.07. The molecular weight excluding hydrogens is 282 g/mol. The summed E-state index contributed by atoms with van der Waals surface area (Å²) in [5.41, 5.74) is 0.673. The van der Waals surface area contributed by atoms with Crippen LogP contribution in [0.4, 0.5) is 0 Å². The Bertz CT molecular complexity index is 923. The van der Waals surface area contributed by atoms with Crippen molar-refractivity contribution in [3.63, 3.8) is 0 Å². The number of nitrogens with zero attached hydrogens (tertiary/aromatic N) is 3. The average Bonchev–Trinajstić information content (AvgIpc) is 2.53. The number of rotatable bonds is 2. The minimum Gasteiger partial charge on any atom is -0.267 e. The van der Waals surface area contributed by atoms with Crippen molar-refractivity contribution in [3.05, 3.63) is 69.7 Å². The molecule has 3 aromatic rings. The molecule has 0 aliphatic rings. The lowest BCUT2D eigenvalue weighted by molar-refractivity contribution is 1.27. The number of pyridine rings is 1. The number of fused-ring (bicyclic) bond motifs is 1. The van der Waals surface area contributed by atoms with E-state index in [1.165, 1.54) is 11.3 Å². The average molecular weight is 291 g/mol. The maximum Gasteiger partial charge on any atom is 0.279 e. The van der Waals surface area contributed by atoms with Crippen LogP contribution in [-0.4, -0.2) is 9.97 Å². The van der Waals surface area contributed by atoms with Crippen LogP contribution in [0.3, 0.4) is 0 Å². The van der Waals surface area contributed by atoms with Gasteiger partial charge in [-0.1, -0.05) is 18.2 Å². The van der Waals surface area contributed by atoms with Gasteiger partial charge in [-0.3, -0.25) is 9.78 Å². The summed E-state index contributed by atoms with van der Waals surface area (Å²) in [5.74, 6) is 0. The van der Waals surface area contributed by atoms with E-state index >= 15 is 0 Å². The summed E-state index contributed by atoms with van der Waals surface area (Å²) in [6.45, 7) is 0. The smallest absolute Gasteiger partial charge is 0.267 e. The van der Waals surface area contributed by atoms with Gasteiger partial charge in [-0.2, -0.15) is 10.2 Å². The third kappa shape index (κ3) is 2.71. The minimum atomic E-state index is -0.318. The lowest BCUT2D eigenvalue weighted by atomic mass is 10.2. The van der Waals surface area contributed by atoms with Gasteiger partial charge in [-0.25, -0.2) is 0 Å². The molecule has 4 nitrogen and oxygen atoms in total. The molecule has 0 amide bonds. The van der Waals surface area contributed by atoms with Crippen molar-refractivity contribution in [2.45, 2.75) is 0 Å². The Morgan fingerprint density at radius 1 is 1.19 bits per heavy atom. The number of hydrogen-bond acceptors (Lipinski definition) is 5. The summed E-state index contributed by atoms with van der Waals surface area (Å²) < 4.78 is 0.815. The van der Waals surface area contributed by atoms with Gasteiger partial charge in [0.1, 0.15) is 11.1 Å². The molecule has 0 spiro atoms. The van der Waals surface area contributed by atoms with E-state index in [1.807, 2.05) is 18.2 Å². The molecule has 0 N–H and O–H groups in total. The van der Waals surface area contributed by atoms with Gasteiger partial charge in [-0.05, 0) is 30.3 Å². The highest BCUT2D eigenvalue weighted by Gasteiger charge is 2.09. The molecule has 100 valence electrons. The summed E-state index contributed by atoms with van der Waals surface area (Å²) in [6, 6.07) is 14.8. The van der Waals surface area contributed by atoms with Crippen LogP contribution in [-0.2, 0) is 0 Å². The molecule has 0 unspecified atom stereocenters. The zero-order valence-corrected chi connectivity index (χ0v) is 11.7. The second-order valence-electron chi connectivity index (χ2n) is 4.24. The van der Waals surface area contributed by atoms with E-state index in [0.717, 1.165) is 4.70 Å². The third-order valence-corrected chi connectivity index (χ3v) is 3.94. The highest BCUT2D eigenvalue weighted by molar-refractivity contribution is 7.19.